The Bertz CT molecular complexity index is 327. The van der Waals surface area contributed by atoms with Gasteiger partial charge in [-0.25, -0.2) is 0 Å². The molecule has 3 heteroatoms. The lowest BCUT2D eigenvalue weighted by molar-refractivity contribution is 0.410. The first-order valence-corrected chi connectivity index (χ1v) is 5.97. The smallest absolute Gasteiger partial charge is 0.123 e. The zero-order chi connectivity index (χ0) is 9.97. The van der Waals surface area contributed by atoms with Crippen molar-refractivity contribution in [2.24, 2.45) is 5.73 Å². The molecule has 0 amide bonds. The van der Waals surface area contributed by atoms with Crippen molar-refractivity contribution in [3.05, 3.63) is 29.3 Å². The Morgan fingerprint density at radius 2 is 2.36 bits per heavy atom. The Labute approximate surface area is 88.8 Å². The van der Waals surface area contributed by atoms with E-state index >= 15 is 0 Å². The van der Waals surface area contributed by atoms with E-state index < -0.39 is 0 Å². The molecule has 1 aliphatic rings. The van der Waals surface area contributed by atoms with Crippen LogP contribution in [0.15, 0.2) is 18.2 Å². The van der Waals surface area contributed by atoms with E-state index in [4.69, 9.17) is 10.5 Å². The first kappa shape index (κ1) is 9.87. The highest BCUT2D eigenvalue weighted by atomic mass is 32.2. The van der Waals surface area contributed by atoms with E-state index in [9.17, 15) is 0 Å². The third-order valence-corrected chi connectivity index (χ3v) is 3.63. The minimum Gasteiger partial charge on any atom is -0.496 e. The van der Waals surface area contributed by atoms with Gasteiger partial charge in [-0.3, -0.25) is 0 Å². The van der Waals surface area contributed by atoms with E-state index in [-0.39, 0.29) is 6.04 Å². The van der Waals surface area contributed by atoms with E-state index in [1.807, 2.05) is 23.9 Å². The van der Waals surface area contributed by atoms with Crippen molar-refractivity contribution in [1.29, 1.82) is 0 Å². The SMILES string of the molecule is COc1cccc2c1CSCC[C@H]2N. The molecule has 76 valence electrons. The average molecular weight is 209 g/mol. The van der Waals surface area contributed by atoms with Gasteiger partial charge in [-0.1, -0.05) is 12.1 Å². The number of ether oxygens (including phenoxy) is 1. The number of benzene rings is 1. The third-order valence-electron chi connectivity index (χ3n) is 2.61. The van der Waals surface area contributed by atoms with Gasteiger partial charge in [0.1, 0.15) is 5.75 Å². The summed E-state index contributed by atoms with van der Waals surface area (Å²) in [4.78, 5) is 0. The average Bonchev–Trinajstić information content (AvgIpc) is 2.41. The number of fused-ring (bicyclic) bond motifs is 1. The lowest BCUT2D eigenvalue weighted by Gasteiger charge is -2.14. The van der Waals surface area contributed by atoms with Crippen LogP contribution >= 0.6 is 11.8 Å². The lowest BCUT2D eigenvalue weighted by atomic mass is 9.99. The number of methoxy groups -OCH3 is 1. The molecule has 1 heterocycles. The van der Waals surface area contributed by atoms with Crippen LogP contribution in [0.2, 0.25) is 0 Å². The molecule has 2 N–H and O–H groups in total. The van der Waals surface area contributed by atoms with E-state index in [1.165, 1.54) is 11.1 Å². The van der Waals surface area contributed by atoms with Crippen molar-refractivity contribution < 1.29 is 4.74 Å². The Balaban J connectivity index is 2.46. The molecule has 0 aliphatic carbocycles. The zero-order valence-electron chi connectivity index (χ0n) is 8.32. The van der Waals surface area contributed by atoms with Crippen molar-refractivity contribution in [3.8, 4) is 5.75 Å². The van der Waals surface area contributed by atoms with E-state index in [0.717, 1.165) is 23.7 Å². The van der Waals surface area contributed by atoms with Gasteiger partial charge < -0.3 is 10.5 Å². The lowest BCUT2D eigenvalue weighted by Crippen LogP contribution is -2.11. The van der Waals surface area contributed by atoms with Gasteiger partial charge in [-0.05, 0) is 23.8 Å². The topological polar surface area (TPSA) is 35.2 Å². The predicted octanol–water partition coefficient (Wildman–Crippen LogP) is 2.33. The highest BCUT2D eigenvalue weighted by Crippen LogP contribution is 2.34. The van der Waals surface area contributed by atoms with Crippen LogP contribution in [-0.4, -0.2) is 12.9 Å². The molecule has 1 atom stereocenters. The van der Waals surface area contributed by atoms with E-state index in [1.54, 1.807) is 7.11 Å². The molecule has 2 nitrogen and oxygen atoms in total. The second-order valence-corrected chi connectivity index (χ2v) is 4.58. The van der Waals surface area contributed by atoms with Crippen molar-refractivity contribution in [1.82, 2.24) is 0 Å². The van der Waals surface area contributed by atoms with Gasteiger partial charge in [0.25, 0.3) is 0 Å². The number of hydrogen-bond acceptors (Lipinski definition) is 3. The summed E-state index contributed by atoms with van der Waals surface area (Å²) in [6.07, 6.45) is 1.06. The molecule has 2 rings (SSSR count). The largest absolute Gasteiger partial charge is 0.496 e. The van der Waals surface area contributed by atoms with Crippen molar-refractivity contribution in [3.63, 3.8) is 0 Å². The Kier molecular flexibility index (Phi) is 2.99. The standard InChI is InChI=1S/C11H15NOS/c1-13-11-4-2-3-8-9(11)7-14-6-5-10(8)12/h2-4,10H,5-7,12H2,1H3/t10-/m1/s1. The molecule has 0 bridgehead atoms. The highest BCUT2D eigenvalue weighted by molar-refractivity contribution is 7.98. The molecule has 0 spiro atoms. The molecule has 0 saturated carbocycles. The summed E-state index contributed by atoms with van der Waals surface area (Å²) in [5, 5.41) is 0. The van der Waals surface area contributed by atoms with Crippen LogP contribution in [0.25, 0.3) is 0 Å². The van der Waals surface area contributed by atoms with Gasteiger partial charge in [0, 0.05) is 17.4 Å². The number of hydrogen-bond donors (Lipinski definition) is 1. The number of rotatable bonds is 1. The zero-order valence-corrected chi connectivity index (χ0v) is 9.14. The van der Waals surface area contributed by atoms with Crippen LogP contribution < -0.4 is 10.5 Å². The van der Waals surface area contributed by atoms with Crippen LogP contribution in [-0.2, 0) is 5.75 Å². The molecule has 0 unspecified atom stereocenters. The van der Waals surface area contributed by atoms with Crippen molar-refractivity contribution in [2.75, 3.05) is 12.9 Å². The normalized spacial score (nSPS) is 21.1. The first-order valence-electron chi connectivity index (χ1n) is 4.82. The van der Waals surface area contributed by atoms with Gasteiger partial charge in [-0.2, -0.15) is 11.8 Å². The summed E-state index contributed by atoms with van der Waals surface area (Å²) in [5.74, 6) is 3.14. The van der Waals surface area contributed by atoms with Crippen LogP contribution in [0.1, 0.15) is 23.6 Å². The molecule has 1 aromatic rings. The summed E-state index contributed by atoms with van der Waals surface area (Å²) in [5.41, 5.74) is 8.64. The minimum atomic E-state index is 0.176. The van der Waals surface area contributed by atoms with Gasteiger partial charge in [-0.15, -0.1) is 0 Å². The van der Waals surface area contributed by atoms with E-state index in [0.29, 0.717) is 0 Å². The predicted molar refractivity (Wildman–Crippen MR) is 60.7 cm³/mol. The van der Waals surface area contributed by atoms with Gasteiger partial charge in [0.15, 0.2) is 0 Å². The molecule has 1 aromatic carbocycles. The summed E-state index contributed by atoms with van der Waals surface area (Å²) < 4.78 is 5.35. The van der Waals surface area contributed by atoms with Crippen molar-refractivity contribution >= 4 is 11.8 Å². The minimum absolute atomic E-state index is 0.176. The molecule has 1 aliphatic heterocycles. The summed E-state index contributed by atoms with van der Waals surface area (Å²) in [6, 6.07) is 6.33. The first-order chi connectivity index (χ1) is 6.83. The van der Waals surface area contributed by atoms with Crippen molar-refractivity contribution in [2.45, 2.75) is 18.2 Å². The van der Waals surface area contributed by atoms with Gasteiger partial charge >= 0.3 is 0 Å². The second kappa shape index (κ2) is 4.24. The van der Waals surface area contributed by atoms with Crippen LogP contribution in [0.3, 0.4) is 0 Å². The molecule has 0 fully saturated rings. The maximum Gasteiger partial charge on any atom is 0.123 e. The highest BCUT2D eigenvalue weighted by Gasteiger charge is 2.17. The fraction of sp³-hybridized carbons (Fsp3) is 0.455. The van der Waals surface area contributed by atoms with Gasteiger partial charge in [0.2, 0.25) is 0 Å². The van der Waals surface area contributed by atoms with Crippen LogP contribution in [0.5, 0.6) is 5.75 Å². The molecule has 14 heavy (non-hydrogen) atoms. The van der Waals surface area contributed by atoms with Crippen LogP contribution in [0, 0.1) is 0 Å². The molecule has 0 radical (unpaired) electrons. The number of nitrogens with two attached hydrogens (primary N) is 1. The third kappa shape index (κ3) is 1.74. The summed E-state index contributed by atoms with van der Waals surface area (Å²) >= 11 is 1.93. The molecule has 0 aromatic heterocycles. The summed E-state index contributed by atoms with van der Waals surface area (Å²) in [7, 11) is 1.72. The monoisotopic (exact) mass is 209 g/mol. The Morgan fingerprint density at radius 3 is 3.14 bits per heavy atom. The molecular formula is C11H15NOS. The fourth-order valence-electron chi connectivity index (χ4n) is 1.82. The fourth-order valence-corrected chi connectivity index (χ4v) is 2.89. The van der Waals surface area contributed by atoms with E-state index in [2.05, 4.69) is 6.07 Å². The van der Waals surface area contributed by atoms with Crippen LogP contribution in [0.4, 0.5) is 0 Å². The maximum absolute atomic E-state index is 6.10. The molecular weight excluding hydrogens is 194 g/mol. The van der Waals surface area contributed by atoms with Gasteiger partial charge in [0.05, 0.1) is 7.11 Å². The Hall–Kier alpha value is -0.670. The second-order valence-electron chi connectivity index (χ2n) is 3.48. The summed E-state index contributed by atoms with van der Waals surface area (Å²) in [6.45, 7) is 0. The Morgan fingerprint density at radius 1 is 1.50 bits per heavy atom. The quantitative estimate of drug-likeness (QED) is 0.771. The molecule has 0 saturated heterocycles. The number of thioether (sulfide) groups is 1. The maximum atomic E-state index is 6.10.